The highest BCUT2D eigenvalue weighted by atomic mass is 32.2. The Bertz CT molecular complexity index is 174. The van der Waals surface area contributed by atoms with Gasteiger partial charge in [-0.15, -0.1) is 0 Å². The van der Waals surface area contributed by atoms with Crippen molar-refractivity contribution in [2.45, 2.75) is 31.9 Å². The number of hydrogen-bond donors (Lipinski definition) is 0. The van der Waals surface area contributed by atoms with E-state index >= 15 is 0 Å². The zero-order valence-electron chi connectivity index (χ0n) is 8.75. The number of likely N-dealkylation sites (tertiary alicyclic amines) is 1. The molecule has 0 saturated carbocycles. The van der Waals surface area contributed by atoms with E-state index in [1.165, 1.54) is 12.8 Å². The summed E-state index contributed by atoms with van der Waals surface area (Å²) >= 11 is 1.93. The van der Waals surface area contributed by atoms with Gasteiger partial charge in [-0.1, -0.05) is 13.8 Å². The van der Waals surface area contributed by atoms with Gasteiger partial charge in [-0.2, -0.15) is 11.8 Å². The number of piperidine rings is 1. The van der Waals surface area contributed by atoms with Crippen LogP contribution in [0.4, 0.5) is 0 Å². The fraction of sp³-hybridized carbons (Fsp3) is 0.900. The molecule has 13 heavy (non-hydrogen) atoms. The molecule has 0 bridgehead atoms. The van der Waals surface area contributed by atoms with E-state index in [4.69, 9.17) is 0 Å². The lowest BCUT2D eigenvalue weighted by atomic mass is 10.1. The summed E-state index contributed by atoms with van der Waals surface area (Å²) < 4.78 is 0. The molecule has 1 aliphatic rings. The van der Waals surface area contributed by atoms with E-state index < -0.39 is 0 Å². The highest BCUT2D eigenvalue weighted by Crippen LogP contribution is 2.21. The summed E-state index contributed by atoms with van der Waals surface area (Å²) in [4.78, 5) is 13.6. The summed E-state index contributed by atoms with van der Waals surface area (Å²) in [6.45, 7) is 5.87. The van der Waals surface area contributed by atoms with Gasteiger partial charge < -0.3 is 4.90 Å². The smallest absolute Gasteiger partial charge is 0.225 e. The number of carbonyl (C=O) groups is 1. The Hall–Kier alpha value is -0.180. The largest absolute Gasteiger partial charge is 0.342 e. The predicted octanol–water partition coefficient (Wildman–Crippen LogP) is 2.00. The van der Waals surface area contributed by atoms with Gasteiger partial charge in [0.1, 0.15) is 0 Å². The highest BCUT2D eigenvalue weighted by Gasteiger charge is 2.23. The molecule has 0 unspecified atom stereocenters. The van der Waals surface area contributed by atoms with E-state index in [9.17, 15) is 4.79 Å². The second-order valence-corrected chi connectivity index (χ2v) is 5.05. The van der Waals surface area contributed by atoms with Crippen LogP contribution in [0, 0.1) is 5.92 Å². The number of thioether (sulfide) groups is 1. The number of hydrogen-bond acceptors (Lipinski definition) is 2. The number of nitrogens with zero attached hydrogens (tertiary/aromatic N) is 1. The van der Waals surface area contributed by atoms with Gasteiger partial charge in [-0.05, 0) is 19.1 Å². The maximum absolute atomic E-state index is 11.6. The molecule has 1 heterocycles. The zero-order valence-corrected chi connectivity index (χ0v) is 9.56. The van der Waals surface area contributed by atoms with E-state index in [-0.39, 0.29) is 5.92 Å². The Labute approximate surface area is 85.1 Å². The summed E-state index contributed by atoms with van der Waals surface area (Å²) in [6, 6.07) is 0. The predicted molar refractivity (Wildman–Crippen MR) is 58.0 cm³/mol. The third kappa shape index (κ3) is 2.90. The van der Waals surface area contributed by atoms with Crippen LogP contribution >= 0.6 is 11.8 Å². The second-order valence-electron chi connectivity index (χ2n) is 3.92. The summed E-state index contributed by atoms with van der Waals surface area (Å²) in [7, 11) is 0. The summed E-state index contributed by atoms with van der Waals surface area (Å²) in [5, 5.41) is 0.774. The minimum Gasteiger partial charge on any atom is -0.342 e. The van der Waals surface area contributed by atoms with Crippen LogP contribution in [-0.2, 0) is 4.79 Å². The molecule has 1 rings (SSSR count). The molecule has 0 N–H and O–H groups in total. The molecule has 76 valence electrons. The lowest BCUT2D eigenvalue weighted by molar-refractivity contribution is -0.135. The molecule has 1 fully saturated rings. The van der Waals surface area contributed by atoms with Gasteiger partial charge >= 0.3 is 0 Å². The van der Waals surface area contributed by atoms with Gasteiger partial charge in [0.25, 0.3) is 0 Å². The van der Waals surface area contributed by atoms with E-state index in [0.29, 0.717) is 5.91 Å². The molecule has 0 radical (unpaired) electrons. The Morgan fingerprint density at radius 1 is 1.38 bits per heavy atom. The van der Waals surface area contributed by atoms with Gasteiger partial charge in [0.05, 0.1) is 0 Å². The van der Waals surface area contributed by atoms with Crippen LogP contribution in [0.2, 0.25) is 0 Å². The van der Waals surface area contributed by atoms with Crippen LogP contribution in [-0.4, -0.2) is 35.4 Å². The van der Waals surface area contributed by atoms with E-state index in [2.05, 4.69) is 6.26 Å². The zero-order chi connectivity index (χ0) is 9.84. The van der Waals surface area contributed by atoms with Gasteiger partial charge in [-0.3, -0.25) is 4.79 Å². The molecule has 0 aromatic carbocycles. The van der Waals surface area contributed by atoms with Crippen LogP contribution in [0.5, 0.6) is 0 Å². The second kappa shape index (κ2) is 4.89. The van der Waals surface area contributed by atoms with Crippen molar-refractivity contribution in [2.75, 3.05) is 19.3 Å². The first-order valence-corrected chi connectivity index (χ1v) is 6.25. The monoisotopic (exact) mass is 201 g/mol. The van der Waals surface area contributed by atoms with E-state index in [0.717, 1.165) is 18.3 Å². The maximum Gasteiger partial charge on any atom is 0.225 e. The first-order chi connectivity index (χ1) is 6.15. The number of rotatable bonds is 2. The van der Waals surface area contributed by atoms with Gasteiger partial charge in [0.2, 0.25) is 5.91 Å². The Morgan fingerprint density at radius 3 is 2.31 bits per heavy atom. The molecular formula is C10H19NOS. The Kier molecular flexibility index (Phi) is 4.10. The first kappa shape index (κ1) is 10.9. The van der Waals surface area contributed by atoms with Crippen LogP contribution in [0.3, 0.4) is 0 Å². The quantitative estimate of drug-likeness (QED) is 0.681. The molecule has 1 aliphatic heterocycles. The molecule has 1 saturated heterocycles. The normalized spacial score (nSPS) is 19.5. The molecule has 1 amide bonds. The molecule has 2 nitrogen and oxygen atoms in total. The fourth-order valence-electron chi connectivity index (χ4n) is 1.68. The minimum absolute atomic E-state index is 0.158. The lowest BCUT2D eigenvalue weighted by Crippen LogP contribution is -2.41. The van der Waals surface area contributed by atoms with Crippen LogP contribution in [0.1, 0.15) is 26.7 Å². The Balaban J connectivity index is 2.36. The van der Waals surface area contributed by atoms with Crippen molar-refractivity contribution >= 4 is 17.7 Å². The van der Waals surface area contributed by atoms with Crippen molar-refractivity contribution in [1.29, 1.82) is 0 Å². The molecule has 0 aliphatic carbocycles. The minimum atomic E-state index is 0.158. The molecular weight excluding hydrogens is 182 g/mol. The van der Waals surface area contributed by atoms with E-state index in [1.54, 1.807) is 0 Å². The van der Waals surface area contributed by atoms with Gasteiger partial charge in [-0.25, -0.2) is 0 Å². The summed E-state index contributed by atoms with van der Waals surface area (Å²) in [6.07, 6.45) is 4.49. The molecule has 0 aromatic rings. The average molecular weight is 201 g/mol. The third-order valence-electron chi connectivity index (χ3n) is 2.58. The van der Waals surface area contributed by atoms with Crippen molar-refractivity contribution in [3.63, 3.8) is 0 Å². The van der Waals surface area contributed by atoms with Crippen LogP contribution in [0.15, 0.2) is 0 Å². The van der Waals surface area contributed by atoms with Crippen LogP contribution in [0.25, 0.3) is 0 Å². The summed E-state index contributed by atoms with van der Waals surface area (Å²) in [5.41, 5.74) is 0. The molecule has 0 aromatic heterocycles. The first-order valence-electron chi connectivity index (χ1n) is 4.96. The molecule has 0 spiro atoms. The van der Waals surface area contributed by atoms with Gasteiger partial charge in [0, 0.05) is 24.3 Å². The topological polar surface area (TPSA) is 20.3 Å². The highest BCUT2D eigenvalue weighted by molar-refractivity contribution is 7.99. The Morgan fingerprint density at radius 2 is 1.92 bits per heavy atom. The van der Waals surface area contributed by atoms with Crippen LogP contribution < -0.4 is 0 Å². The fourth-order valence-corrected chi connectivity index (χ4v) is 2.36. The lowest BCUT2D eigenvalue weighted by Gasteiger charge is -2.32. The summed E-state index contributed by atoms with van der Waals surface area (Å²) in [5.74, 6) is 0.477. The van der Waals surface area contributed by atoms with Crippen molar-refractivity contribution in [3.05, 3.63) is 0 Å². The molecule has 3 heteroatoms. The van der Waals surface area contributed by atoms with Crippen molar-refractivity contribution in [3.8, 4) is 0 Å². The third-order valence-corrected chi connectivity index (χ3v) is 3.72. The maximum atomic E-state index is 11.6. The van der Waals surface area contributed by atoms with Crippen molar-refractivity contribution in [1.82, 2.24) is 4.90 Å². The van der Waals surface area contributed by atoms with Crippen molar-refractivity contribution in [2.24, 2.45) is 5.92 Å². The standard InChI is InChI=1S/C10H19NOS/c1-8(2)10(12)11-6-4-9(13-3)5-7-11/h8-9H,4-7H2,1-3H3. The molecule has 0 atom stereocenters. The van der Waals surface area contributed by atoms with Gasteiger partial charge in [0.15, 0.2) is 0 Å². The SMILES string of the molecule is CSC1CCN(C(=O)C(C)C)CC1. The van der Waals surface area contributed by atoms with Crippen molar-refractivity contribution < 1.29 is 4.79 Å². The number of amides is 1. The number of carbonyl (C=O) groups excluding carboxylic acids is 1. The van der Waals surface area contributed by atoms with E-state index in [1.807, 2.05) is 30.5 Å². The average Bonchev–Trinajstić information content (AvgIpc) is 2.17.